The molecule has 0 aromatic heterocycles. The summed E-state index contributed by atoms with van der Waals surface area (Å²) < 4.78 is 0. The minimum Gasteiger partial charge on any atom is -0.854 e. The molecule has 2 nitrogen and oxygen atoms in total. The molecule has 0 saturated carbocycles. The van der Waals surface area contributed by atoms with Crippen molar-refractivity contribution < 1.29 is 56.5 Å². The van der Waals surface area contributed by atoms with E-state index in [0.717, 1.165) is 19.6 Å². The number of hydrogen-bond donors (Lipinski definition) is 0. The quantitative estimate of drug-likeness (QED) is 0.406. The minimum absolute atomic E-state index is 0. The molecule has 10 heavy (non-hydrogen) atoms. The zero-order valence-corrected chi connectivity index (χ0v) is 9.93. The zero-order chi connectivity index (χ0) is 6.53. The molecule has 0 spiro atoms. The van der Waals surface area contributed by atoms with Crippen molar-refractivity contribution in [3.05, 3.63) is 0 Å². The van der Waals surface area contributed by atoms with Gasteiger partial charge in [-0.25, -0.2) is 0 Å². The average molecular weight is 167 g/mol. The molecule has 0 aromatic carbocycles. The Hall–Kier alpha value is 1.56. The predicted octanol–water partition coefficient (Wildman–Crippen LogP) is -3.16. The molecule has 0 bridgehead atoms. The topological polar surface area (TPSA) is 26.3 Å². The molecule has 1 aliphatic heterocycles. The van der Waals surface area contributed by atoms with Gasteiger partial charge in [0.05, 0.1) is 0 Å². The maximum absolute atomic E-state index is 10.2. The summed E-state index contributed by atoms with van der Waals surface area (Å²) in [5.74, 6) is 0. The Bertz CT molecular complexity index is 71.3. The van der Waals surface area contributed by atoms with Gasteiger partial charge >= 0.3 is 51.4 Å². The van der Waals surface area contributed by atoms with E-state index in [4.69, 9.17) is 0 Å². The summed E-state index contributed by atoms with van der Waals surface area (Å²) in [5, 5.41) is 10.2. The summed E-state index contributed by atoms with van der Waals surface area (Å²) in [6.45, 7) is 3.14. The van der Waals surface area contributed by atoms with Crippen molar-refractivity contribution in [3.8, 4) is 0 Å². The van der Waals surface area contributed by atoms with Crippen LogP contribution in [0.1, 0.15) is 19.3 Å². The first-order valence-corrected chi connectivity index (χ1v) is 3.74. The SMILES string of the molecule is [K+].[O-]CCN1CCCCC1. The Morgan fingerprint density at radius 2 is 1.70 bits per heavy atom. The minimum atomic E-state index is 0. The van der Waals surface area contributed by atoms with Crippen LogP contribution in [0.2, 0.25) is 0 Å². The summed E-state index contributed by atoms with van der Waals surface area (Å²) in [6.07, 6.45) is 3.94. The molecule has 0 unspecified atom stereocenters. The molecule has 0 radical (unpaired) electrons. The molecule has 1 saturated heterocycles. The fourth-order valence-electron chi connectivity index (χ4n) is 1.31. The van der Waals surface area contributed by atoms with Crippen LogP contribution in [-0.2, 0) is 0 Å². The van der Waals surface area contributed by atoms with Crippen molar-refractivity contribution in [2.45, 2.75) is 19.3 Å². The van der Waals surface area contributed by atoms with Crippen LogP contribution < -0.4 is 56.5 Å². The second-order valence-corrected chi connectivity index (χ2v) is 2.61. The molecule has 0 N–H and O–H groups in total. The Morgan fingerprint density at radius 3 is 2.20 bits per heavy atom. The summed E-state index contributed by atoms with van der Waals surface area (Å²) in [6, 6.07) is 0. The van der Waals surface area contributed by atoms with Gasteiger partial charge in [0.25, 0.3) is 0 Å². The fraction of sp³-hybridized carbons (Fsp3) is 1.00. The number of hydrogen-bond acceptors (Lipinski definition) is 2. The predicted molar refractivity (Wildman–Crippen MR) is 35.2 cm³/mol. The van der Waals surface area contributed by atoms with Crippen molar-refractivity contribution in [3.63, 3.8) is 0 Å². The van der Waals surface area contributed by atoms with Crippen LogP contribution in [-0.4, -0.2) is 31.1 Å². The second kappa shape index (κ2) is 7.22. The van der Waals surface area contributed by atoms with Gasteiger partial charge < -0.3 is 10.0 Å². The Kier molecular flexibility index (Phi) is 8.34. The van der Waals surface area contributed by atoms with Crippen LogP contribution in [0.3, 0.4) is 0 Å². The van der Waals surface area contributed by atoms with E-state index in [0.29, 0.717) is 0 Å². The van der Waals surface area contributed by atoms with Crippen molar-refractivity contribution in [1.82, 2.24) is 4.90 Å². The van der Waals surface area contributed by atoms with E-state index in [9.17, 15) is 5.11 Å². The molecule has 1 fully saturated rings. The first-order chi connectivity index (χ1) is 4.43. The van der Waals surface area contributed by atoms with Crippen LogP contribution in [0.25, 0.3) is 0 Å². The van der Waals surface area contributed by atoms with Gasteiger partial charge in [-0.15, -0.1) is 6.61 Å². The third kappa shape index (κ3) is 4.44. The van der Waals surface area contributed by atoms with Gasteiger partial charge in [-0.1, -0.05) is 6.42 Å². The van der Waals surface area contributed by atoms with Crippen molar-refractivity contribution >= 4 is 0 Å². The standard InChI is InChI=1S/C7H14NO.K/c9-7-6-8-4-2-1-3-5-8;/h1-7H2;/q-1;+1. The van der Waals surface area contributed by atoms with Crippen LogP contribution in [0.15, 0.2) is 0 Å². The maximum atomic E-state index is 10.2. The molecule has 1 heterocycles. The van der Waals surface area contributed by atoms with E-state index in [1.807, 2.05) is 0 Å². The van der Waals surface area contributed by atoms with Gasteiger partial charge in [0.1, 0.15) is 0 Å². The van der Waals surface area contributed by atoms with E-state index < -0.39 is 0 Å². The molecule has 3 heteroatoms. The molecule has 0 aliphatic carbocycles. The summed E-state index contributed by atoms with van der Waals surface area (Å²) in [5.41, 5.74) is 0. The fourth-order valence-corrected chi connectivity index (χ4v) is 1.31. The van der Waals surface area contributed by atoms with Crippen molar-refractivity contribution in [1.29, 1.82) is 0 Å². The van der Waals surface area contributed by atoms with E-state index in [1.165, 1.54) is 19.3 Å². The van der Waals surface area contributed by atoms with Gasteiger partial charge in [0, 0.05) is 0 Å². The van der Waals surface area contributed by atoms with E-state index in [2.05, 4.69) is 4.90 Å². The molecule has 1 aliphatic rings. The van der Waals surface area contributed by atoms with E-state index in [-0.39, 0.29) is 58.0 Å². The third-order valence-corrected chi connectivity index (χ3v) is 1.86. The summed E-state index contributed by atoms with van der Waals surface area (Å²) in [4.78, 5) is 2.26. The molecule has 1 rings (SSSR count). The van der Waals surface area contributed by atoms with Gasteiger partial charge in [0.15, 0.2) is 0 Å². The molecular weight excluding hydrogens is 153 g/mol. The number of rotatable bonds is 2. The van der Waals surface area contributed by atoms with Gasteiger partial charge in [-0.2, -0.15) is 0 Å². The average Bonchev–Trinajstić information content (AvgIpc) is 1.91. The molecule has 0 atom stereocenters. The largest absolute Gasteiger partial charge is 1.00 e. The Balaban J connectivity index is 0.000000810. The first kappa shape index (κ1) is 11.6. The van der Waals surface area contributed by atoms with Crippen LogP contribution >= 0.6 is 0 Å². The van der Waals surface area contributed by atoms with E-state index >= 15 is 0 Å². The number of likely N-dealkylation sites (tertiary alicyclic amines) is 1. The monoisotopic (exact) mass is 167 g/mol. The van der Waals surface area contributed by atoms with Crippen LogP contribution in [0.5, 0.6) is 0 Å². The normalized spacial score (nSPS) is 20.1. The second-order valence-electron chi connectivity index (χ2n) is 2.61. The van der Waals surface area contributed by atoms with Crippen molar-refractivity contribution in [2.75, 3.05) is 26.2 Å². The van der Waals surface area contributed by atoms with E-state index in [1.54, 1.807) is 0 Å². The number of nitrogens with zero attached hydrogens (tertiary/aromatic N) is 1. The summed E-state index contributed by atoms with van der Waals surface area (Å²) in [7, 11) is 0. The summed E-state index contributed by atoms with van der Waals surface area (Å²) >= 11 is 0. The third-order valence-electron chi connectivity index (χ3n) is 1.86. The van der Waals surface area contributed by atoms with Crippen molar-refractivity contribution in [2.24, 2.45) is 0 Å². The Labute approximate surface area is 105 Å². The van der Waals surface area contributed by atoms with Crippen LogP contribution in [0.4, 0.5) is 0 Å². The smallest absolute Gasteiger partial charge is 0.854 e. The Morgan fingerprint density at radius 1 is 1.10 bits per heavy atom. The number of piperidine rings is 1. The van der Waals surface area contributed by atoms with Gasteiger partial charge in [-0.05, 0) is 32.5 Å². The molecular formula is C7H14KNO. The zero-order valence-electron chi connectivity index (χ0n) is 6.81. The molecule has 54 valence electrons. The molecule has 0 aromatic rings. The van der Waals surface area contributed by atoms with Gasteiger partial charge in [-0.3, -0.25) is 0 Å². The van der Waals surface area contributed by atoms with Crippen LogP contribution in [0, 0.1) is 0 Å². The molecule has 0 amide bonds. The maximum Gasteiger partial charge on any atom is 1.00 e. The van der Waals surface area contributed by atoms with Gasteiger partial charge in [0.2, 0.25) is 0 Å². The first-order valence-electron chi connectivity index (χ1n) is 3.74.